The van der Waals surface area contributed by atoms with E-state index in [0.29, 0.717) is 0 Å². The van der Waals surface area contributed by atoms with Crippen molar-refractivity contribution in [2.24, 2.45) is 0 Å². The van der Waals surface area contributed by atoms with Gasteiger partial charge in [0, 0.05) is 29.7 Å². The molecule has 0 aliphatic rings. The summed E-state index contributed by atoms with van der Waals surface area (Å²) in [6.07, 6.45) is 0.759. The van der Waals surface area contributed by atoms with Crippen LogP contribution in [0.5, 0.6) is 0 Å². The van der Waals surface area contributed by atoms with E-state index in [1.165, 1.54) is 0 Å². The highest BCUT2D eigenvalue weighted by Gasteiger charge is 2.18. The predicted octanol–water partition coefficient (Wildman–Crippen LogP) is 5.79. The van der Waals surface area contributed by atoms with E-state index in [1.807, 2.05) is 61.5 Å². The van der Waals surface area contributed by atoms with E-state index in [2.05, 4.69) is 29.4 Å². The maximum Gasteiger partial charge on any atom is 0.231 e. The Morgan fingerprint density at radius 1 is 1.07 bits per heavy atom. The van der Waals surface area contributed by atoms with Gasteiger partial charge in [-0.1, -0.05) is 49.4 Å². The molecule has 4 nitrogen and oxygen atoms in total. The fourth-order valence-electron chi connectivity index (χ4n) is 3.28. The molecule has 146 valence electrons. The number of nitrogens with one attached hydrogen (secondary N) is 1. The van der Waals surface area contributed by atoms with Crippen LogP contribution in [-0.4, -0.2) is 24.0 Å². The van der Waals surface area contributed by atoms with Gasteiger partial charge in [-0.15, -0.1) is 11.3 Å². The van der Waals surface area contributed by atoms with Crippen molar-refractivity contribution in [3.8, 4) is 11.3 Å². The van der Waals surface area contributed by atoms with Gasteiger partial charge in [0.25, 0.3) is 0 Å². The Bertz CT molecular complexity index is 903. The number of aromatic nitrogens is 1. The predicted molar refractivity (Wildman–Crippen MR) is 119 cm³/mol. The number of hydrogen-bond donors (Lipinski definition) is 1. The average Bonchev–Trinajstić information content (AvgIpc) is 3.20. The van der Waals surface area contributed by atoms with Crippen LogP contribution < -0.4 is 10.2 Å². The van der Waals surface area contributed by atoms with Crippen molar-refractivity contribution in [2.75, 3.05) is 23.3 Å². The fraction of sp³-hybridized carbons (Fsp3) is 0.304. The van der Waals surface area contributed by atoms with Gasteiger partial charge in [0.2, 0.25) is 5.91 Å². The number of amides is 1. The van der Waals surface area contributed by atoms with Crippen molar-refractivity contribution in [3.05, 3.63) is 65.5 Å². The molecule has 1 N–H and O–H groups in total. The third-order valence-corrected chi connectivity index (χ3v) is 5.78. The van der Waals surface area contributed by atoms with Gasteiger partial charge in [-0.05, 0) is 38.0 Å². The molecule has 28 heavy (non-hydrogen) atoms. The molecule has 3 rings (SSSR count). The van der Waals surface area contributed by atoms with Gasteiger partial charge < -0.3 is 10.2 Å². The third kappa shape index (κ3) is 4.60. The summed E-state index contributed by atoms with van der Waals surface area (Å²) in [7, 11) is 0. The van der Waals surface area contributed by atoms with Crippen LogP contribution in [0, 0.1) is 0 Å². The quantitative estimate of drug-likeness (QED) is 0.527. The van der Waals surface area contributed by atoms with Gasteiger partial charge in [-0.3, -0.25) is 4.79 Å². The Hall–Kier alpha value is -2.66. The Morgan fingerprint density at radius 3 is 2.50 bits per heavy atom. The number of carbonyl (C=O) groups excluding carboxylic acids is 1. The lowest BCUT2D eigenvalue weighted by Gasteiger charge is -2.16. The minimum atomic E-state index is -0.154. The maximum atomic E-state index is 12.8. The summed E-state index contributed by atoms with van der Waals surface area (Å²) in [6, 6.07) is 17.9. The van der Waals surface area contributed by atoms with Crippen LogP contribution in [0.25, 0.3) is 11.3 Å². The van der Waals surface area contributed by atoms with Crippen molar-refractivity contribution < 1.29 is 4.79 Å². The Morgan fingerprint density at radius 2 is 1.82 bits per heavy atom. The summed E-state index contributed by atoms with van der Waals surface area (Å²) < 4.78 is 0. The summed E-state index contributed by atoms with van der Waals surface area (Å²) in [5, 5.41) is 6.19. The van der Waals surface area contributed by atoms with Gasteiger partial charge >= 0.3 is 0 Å². The molecule has 1 atom stereocenters. The second kappa shape index (κ2) is 9.51. The summed E-state index contributed by atoms with van der Waals surface area (Å²) in [5.74, 6) is -0.133. The van der Waals surface area contributed by atoms with E-state index in [1.54, 1.807) is 11.3 Å². The van der Waals surface area contributed by atoms with Crippen LogP contribution in [0.3, 0.4) is 0 Å². The highest BCUT2D eigenvalue weighted by molar-refractivity contribution is 7.14. The summed E-state index contributed by atoms with van der Waals surface area (Å²) in [5.41, 5.74) is 3.80. The molecule has 0 aliphatic heterocycles. The smallest absolute Gasteiger partial charge is 0.231 e. The summed E-state index contributed by atoms with van der Waals surface area (Å²) >= 11 is 1.65. The van der Waals surface area contributed by atoms with Crippen molar-refractivity contribution >= 4 is 28.1 Å². The van der Waals surface area contributed by atoms with Gasteiger partial charge in [-0.25, -0.2) is 4.98 Å². The molecule has 1 aromatic heterocycles. The summed E-state index contributed by atoms with van der Waals surface area (Å²) in [6.45, 7) is 8.20. The number of benzene rings is 2. The lowest BCUT2D eigenvalue weighted by molar-refractivity contribution is -0.117. The first-order valence-electron chi connectivity index (χ1n) is 9.82. The van der Waals surface area contributed by atoms with Crippen LogP contribution in [-0.2, 0) is 4.79 Å². The molecule has 1 amide bonds. The molecule has 5 heteroatoms. The van der Waals surface area contributed by atoms with Gasteiger partial charge in [0.15, 0.2) is 5.13 Å². The van der Waals surface area contributed by atoms with E-state index in [9.17, 15) is 4.79 Å². The second-order valence-corrected chi connectivity index (χ2v) is 7.47. The van der Waals surface area contributed by atoms with Crippen LogP contribution in [0.1, 0.15) is 38.7 Å². The molecule has 0 spiro atoms. The number of anilines is 2. The lowest BCUT2D eigenvalue weighted by Crippen LogP contribution is -2.21. The standard InChI is InChI=1S/C23H27N3OS/c1-4-20(17-11-8-7-9-12-17)22(27)24-19-14-10-13-18(15-19)21-16-28-23(25-21)26(5-2)6-3/h7-16,20H,4-6H2,1-3H3,(H,24,27)/t20-/m0/s1. The Kier molecular flexibility index (Phi) is 6.82. The molecule has 1 heterocycles. The van der Waals surface area contributed by atoms with Crippen molar-refractivity contribution in [1.82, 2.24) is 4.98 Å². The minimum absolute atomic E-state index is 0.0213. The largest absolute Gasteiger partial charge is 0.349 e. The molecular formula is C23H27N3OS. The molecule has 0 unspecified atom stereocenters. The van der Waals surface area contributed by atoms with Crippen molar-refractivity contribution in [1.29, 1.82) is 0 Å². The van der Waals surface area contributed by atoms with Crippen LogP contribution in [0.4, 0.5) is 10.8 Å². The highest BCUT2D eigenvalue weighted by atomic mass is 32.1. The monoisotopic (exact) mass is 393 g/mol. The van der Waals surface area contributed by atoms with Crippen LogP contribution >= 0.6 is 11.3 Å². The first-order chi connectivity index (χ1) is 13.7. The number of thiazole rings is 1. The van der Waals surface area contributed by atoms with E-state index in [-0.39, 0.29) is 11.8 Å². The molecule has 0 bridgehead atoms. The van der Waals surface area contributed by atoms with Crippen LogP contribution in [0.15, 0.2) is 60.0 Å². The molecule has 0 radical (unpaired) electrons. The first-order valence-corrected chi connectivity index (χ1v) is 10.7. The van der Waals surface area contributed by atoms with Crippen molar-refractivity contribution in [3.63, 3.8) is 0 Å². The molecule has 0 fully saturated rings. The van der Waals surface area contributed by atoms with Gasteiger partial charge in [0.1, 0.15) is 0 Å². The van der Waals surface area contributed by atoms with E-state index in [0.717, 1.165) is 47.2 Å². The number of hydrogen-bond acceptors (Lipinski definition) is 4. The minimum Gasteiger partial charge on any atom is -0.349 e. The average molecular weight is 394 g/mol. The molecule has 2 aromatic carbocycles. The van der Waals surface area contributed by atoms with E-state index in [4.69, 9.17) is 4.98 Å². The topological polar surface area (TPSA) is 45.2 Å². The third-order valence-electron chi connectivity index (χ3n) is 4.88. The molecule has 0 saturated carbocycles. The van der Waals surface area contributed by atoms with Gasteiger partial charge in [-0.2, -0.15) is 0 Å². The Balaban J connectivity index is 1.77. The normalized spacial score (nSPS) is 11.8. The van der Waals surface area contributed by atoms with E-state index < -0.39 is 0 Å². The maximum absolute atomic E-state index is 12.8. The molecular weight excluding hydrogens is 366 g/mol. The van der Waals surface area contributed by atoms with E-state index >= 15 is 0 Å². The molecule has 0 aliphatic carbocycles. The Labute approximate surface area is 171 Å². The lowest BCUT2D eigenvalue weighted by atomic mass is 9.95. The SMILES string of the molecule is CC[C@H](C(=O)Nc1cccc(-c2csc(N(CC)CC)n2)c1)c1ccccc1. The summed E-state index contributed by atoms with van der Waals surface area (Å²) in [4.78, 5) is 19.8. The zero-order valence-corrected chi connectivity index (χ0v) is 17.5. The first kappa shape index (κ1) is 20.1. The number of carbonyl (C=O) groups is 1. The van der Waals surface area contributed by atoms with Gasteiger partial charge in [0.05, 0.1) is 11.6 Å². The molecule has 0 saturated heterocycles. The number of nitrogens with zero attached hydrogens (tertiary/aromatic N) is 2. The van der Waals surface area contributed by atoms with Crippen molar-refractivity contribution in [2.45, 2.75) is 33.1 Å². The fourth-order valence-corrected chi connectivity index (χ4v) is 4.24. The zero-order chi connectivity index (χ0) is 19.9. The highest BCUT2D eigenvalue weighted by Crippen LogP contribution is 2.29. The zero-order valence-electron chi connectivity index (χ0n) is 16.7. The number of rotatable bonds is 8. The molecule has 3 aromatic rings. The second-order valence-electron chi connectivity index (χ2n) is 6.63. The van der Waals surface area contributed by atoms with Crippen LogP contribution in [0.2, 0.25) is 0 Å².